The second-order valence-electron chi connectivity index (χ2n) is 7.98. The van der Waals surface area contributed by atoms with Gasteiger partial charge in [-0.2, -0.15) is 0 Å². The van der Waals surface area contributed by atoms with Gasteiger partial charge in [-0.3, -0.25) is 9.89 Å². The predicted molar refractivity (Wildman–Crippen MR) is 143 cm³/mol. The van der Waals surface area contributed by atoms with E-state index in [1.165, 1.54) is 24.7 Å². The van der Waals surface area contributed by atoms with Crippen LogP contribution in [0.15, 0.2) is 64.5 Å². The summed E-state index contributed by atoms with van der Waals surface area (Å²) in [5, 5.41) is 6.75. The highest BCUT2D eigenvalue weighted by atomic mass is 127. The fourth-order valence-corrected chi connectivity index (χ4v) is 4.54. The minimum absolute atomic E-state index is 0. The summed E-state index contributed by atoms with van der Waals surface area (Å²) >= 11 is 0. The van der Waals surface area contributed by atoms with Crippen LogP contribution in [0.1, 0.15) is 36.9 Å². The van der Waals surface area contributed by atoms with Crippen molar-refractivity contribution in [3.63, 3.8) is 0 Å². The molecule has 2 N–H and O–H groups in total. The van der Waals surface area contributed by atoms with Crippen LogP contribution in [-0.4, -0.2) is 58.3 Å². The first-order valence-electron chi connectivity index (χ1n) is 11.1. The van der Waals surface area contributed by atoms with Gasteiger partial charge in [0.25, 0.3) is 0 Å². The van der Waals surface area contributed by atoms with E-state index in [1.807, 2.05) is 12.1 Å². The van der Waals surface area contributed by atoms with Gasteiger partial charge in [0, 0.05) is 19.3 Å². The minimum atomic E-state index is -3.16. The van der Waals surface area contributed by atoms with E-state index in [1.54, 1.807) is 12.1 Å². The Bertz CT molecular complexity index is 944. The third kappa shape index (κ3) is 8.04. The molecule has 0 radical (unpaired) electrons. The fraction of sp³-hybridized carbons (Fsp3) is 0.458. The van der Waals surface area contributed by atoms with Crippen LogP contribution >= 0.6 is 24.0 Å². The largest absolute Gasteiger partial charge is 0.357 e. The third-order valence-electron chi connectivity index (χ3n) is 5.59. The van der Waals surface area contributed by atoms with Crippen molar-refractivity contribution in [2.75, 3.05) is 39.0 Å². The van der Waals surface area contributed by atoms with E-state index in [0.717, 1.165) is 44.1 Å². The van der Waals surface area contributed by atoms with Gasteiger partial charge < -0.3 is 10.6 Å². The third-order valence-corrected chi connectivity index (χ3v) is 6.72. The number of nitrogens with one attached hydrogen (secondary N) is 2. The Labute approximate surface area is 209 Å². The van der Waals surface area contributed by atoms with Gasteiger partial charge in [-0.1, -0.05) is 42.5 Å². The molecule has 0 aromatic heterocycles. The average molecular weight is 571 g/mol. The maximum Gasteiger partial charge on any atom is 0.191 e. The molecule has 176 valence electrons. The Morgan fingerprint density at radius 2 is 1.69 bits per heavy atom. The van der Waals surface area contributed by atoms with Crippen molar-refractivity contribution in [3.05, 3.63) is 65.7 Å². The quantitative estimate of drug-likeness (QED) is 0.274. The van der Waals surface area contributed by atoms with Crippen LogP contribution in [-0.2, 0) is 16.3 Å². The lowest BCUT2D eigenvalue weighted by atomic mass is 10.1. The number of nitrogens with zero attached hydrogens (tertiary/aromatic N) is 2. The summed E-state index contributed by atoms with van der Waals surface area (Å²) in [4.78, 5) is 7.77. The summed E-state index contributed by atoms with van der Waals surface area (Å²) in [6.07, 6.45) is 4.53. The summed E-state index contributed by atoms with van der Waals surface area (Å²) in [7, 11) is -3.16. The van der Waals surface area contributed by atoms with Crippen molar-refractivity contribution in [1.82, 2.24) is 15.5 Å². The van der Waals surface area contributed by atoms with Crippen LogP contribution in [0.2, 0.25) is 0 Å². The highest BCUT2D eigenvalue weighted by Gasteiger charge is 2.23. The molecule has 6 nitrogen and oxygen atoms in total. The molecular formula is C24H35IN4O2S. The maximum absolute atomic E-state index is 11.6. The van der Waals surface area contributed by atoms with Crippen LogP contribution in [0.4, 0.5) is 0 Å². The number of halogens is 1. The van der Waals surface area contributed by atoms with E-state index >= 15 is 0 Å². The van der Waals surface area contributed by atoms with Crippen LogP contribution in [0, 0.1) is 0 Å². The molecule has 0 saturated carbocycles. The topological polar surface area (TPSA) is 73.8 Å². The molecule has 1 aliphatic rings. The van der Waals surface area contributed by atoms with Crippen molar-refractivity contribution in [3.8, 4) is 0 Å². The van der Waals surface area contributed by atoms with E-state index in [2.05, 4.69) is 52.8 Å². The first-order chi connectivity index (χ1) is 15.0. The molecule has 1 unspecified atom stereocenters. The summed E-state index contributed by atoms with van der Waals surface area (Å²) < 4.78 is 23.2. The standard InChI is InChI=1S/C24H34N4O2S.HI/c1-3-25-24(26-16-15-20-11-13-22(14-12-20)31(2,29)30)27-19-23(28-17-7-8-18-28)21-9-5-4-6-10-21;/h4-6,9-14,23H,3,7-8,15-19H2,1-2H3,(H2,25,26,27);1H. The van der Waals surface area contributed by atoms with Crippen LogP contribution < -0.4 is 10.6 Å². The molecule has 3 rings (SSSR count). The molecule has 2 aromatic carbocycles. The molecule has 2 aromatic rings. The number of aliphatic imine (C=N–C) groups is 1. The zero-order valence-electron chi connectivity index (χ0n) is 19.0. The highest BCUT2D eigenvalue weighted by molar-refractivity contribution is 14.0. The zero-order valence-corrected chi connectivity index (χ0v) is 22.1. The van der Waals surface area contributed by atoms with Crippen molar-refractivity contribution in [2.45, 2.75) is 37.1 Å². The molecule has 1 atom stereocenters. The molecule has 0 bridgehead atoms. The summed E-state index contributed by atoms with van der Waals surface area (Å²) in [6, 6.07) is 18.0. The molecule has 0 spiro atoms. The highest BCUT2D eigenvalue weighted by Crippen LogP contribution is 2.25. The van der Waals surface area contributed by atoms with Crippen molar-refractivity contribution < 1.29 is 8.42 Å². The second-order valence-corrected chi connectivity index (χ2v) is 10.00. The molecule has 1 fully saturated rings. The van der Waals surface area contributed by atoms with Gasteiger partial charge in [0.1, 0.15) is 0 Å². The summed E-state index contributed by atoms with van der Waals surface area (Å²) in [5.41, 5.74) is 2.41. The van der Waals surface area contributed by atoms with Crippen LogP contribution in [0.5, 0.6) is 0 Å². The van der Waals surface area contributed by atoms with E-state index < -0.39 is 9.84 Å². The van der Waals surface area contributed by atoms with Gasteiger partial charge in [0.2, 0.25) is 0 Å². The van der Waals surface area contributed by atoms with Crippen LogP contribution in [0.25, 0.3) is 0 Å². The molecule has 0 aliphatic carbocycles. The molecule has 1 saturated heterocycles. The number of hydrogen-bond donors (Lipinski definition) is 2. The first-order valence-corrected chi connectivity index (χ1v) is 13.0. The Kier molecular flexibility index (Phi) is 10.9. The Morgan fingerprint density at radius 1 is 1.03 bits per heavy atom. The molecule has 0 amide bonds. The zero-order chi connectivity index (χ0) is 22.1. The van der Waals surface area contributed by atoms with Gasteiger partial charge in [-0.25, -0.2) is 8.42 Å². The number of benzene rings is 2. The first kappa shape index (κ1) is 26.6. The molecule has 32 heavy (non-hydrogen) atoms. The Hall–Kier alpha value is -1.65. The van der Waals surface area contributed by atoms with Crippen molar-refractivity contribution in [1.29, 1.82) is 0 Å². The maximum atomic E-state index is 11.6. The monoisotopic (exact) mass is 570 g/mol. The van der Waals surface area contributed by atoms with E-state index in [-0.39, 0.29) is 24.0 Å². The van der Waals surface area contributed by atoms with E-state index in [0.29, 0.717) is 17.5 Å². The number of guanidine groups is 1. The summed E-state index contributed by atoms with van der Waals surface area (Å²) in [6.45, 7) is 6.56. The van der Waals surface area contributed by atoms with Gasteiger partial charge in [0.05, 0.1) is 17.5 Å². The second kappa shape index (κ2) is 13.2. The molecule has 8 heteroatoms. The van der Waals surface area contributed by atoms with Gasteiger partial charge in [-0.05, 0) is 62.5 Å². The van der Waals surface area contributed by atoms with Gasteiger partial charge in [-0.15, -0.1) is 24.0 Å². The SMILES string of the molecule is CCNC(=NCC(c1ccccc1)N1CCCC1)NCCc1ccc(S(C)(=O)=O)cc1.I. The number of hydrogen-bond acceptors (Lipinski definition) is 4. The molecule has 1 aliphatic heterocycles. The summed E-state index contributed by atoms with van der Waals surface area (Å²) in [5.74, 6) is 0.815. The predicted octanol–water partition coefficient (Wildman–Crippen LogP) is 3.64. The fourth-order valence-electron chi connectivity index (χ4n) is 3.91. The average Bonchev–Trinajstić information content (AvgIpc) is 3.29. The molecule has 1 heterocycles. The smallest absolute Gasteiger partial charge is 0.191 e. The van der Waals surface area contributed by atoms with Crippen molar-refractivity contribution >= 4 is 39.8 Å². The lowest BCUT2D eigenvalue weighted by Crippen LogP contribution is -2.39. The van der Waals surface area contributed by atoms with E-state index in [9.17, 15) is 8.42 Å². The van der Waals surface area contributed by atoms with Gasteiger partial charge in [0.15, 0.2) is 15.8 Å². The lowest BCUT2D eigenvalue weighted by molar-refractivity contribution is 0.251. The van der Waals surface area contributed by atoms with Gasteiger partial charge >= 0.3 is 0 Å². The molecular weight excluding hydrogens is 535 g/mol. The number of likely N-dealkylation sites (tertiary alicyclic amines) is 1. The van der Waals surface area contributed by atoms with Crippen LogP contribution in [0.3, 0.4) is 0 Å². The Balaban J connectivity index is 0.00000363. The van der Waals surface area contributed by atoms with Crippen molar-refractivity contribution in [2.24, 2.45) is 4.99 Å². The lowest BCUT2D eigenvalue weighted by Gasteiger charge is -2.27. The number of sulfone groups is 1. The Morgan fingerprint density at radius 3 is 2.28 bits per heavy atom. The van der Waals surface area contributed by atoms with E-state index in [4.69, 9.17) is 4.99 Å². The normalized spacial score (nSPS) is 15.8. The number of rotatable bonds is 9. The minimum Gasteiger partial charge on any atom is -0.357 e.